The monoisotopic (exact) mass is 801 g/mol. The lowest BCUT2D eigenvalue weighted by Crippen LogP contribution is -2.37. The smallest absolute Gasteiger partial charge is 0.472 e. The van der Waals surface area contributed by atoms with Crippen molar-refractivity contribution in [3.63, 3.8) is 0 Å². The first-order valence-corrected chi connectivity index (χ1v) is 23.1. The number of phosphoric ester groups is 1. The second kappa shape index (κ2) is 36.6. The molecule has 10 nitrogen and oxygen atoms in total. The van der Waals surface area contributed by atoms with Crippen molar-refractivity contribution in [2.45, 2.75) is 180 Å². The van der Waals surface area contributed by atoms with Crippen molar-refractivity contribution in [3.05, 3.63) is 48.8 Å². The first kappa shape index (κ1) is 53.2. The number of hydrogen-bond donors (Lipinski definition) is 3. The number of esters is 1. The summed E-state index contributed by atoms with van der Waals surface area (Å²) >= 11 is 0. The number of hydrogen-bond acceptors (Lipinski definition) is 8. The van der Waals surface area contributed by atoms with E-state index in [4.69, 9.17) is 18.5 Å². The van der Waals surface area contributed by atoms with Gasteiger partial charge in [-0.05, 0) is 63.9 Å². The molecule has 0 heterocycles. The second-order valence-electron chi connectivity index (χ2n) is 15.8. The van der Waals surface area contributed by atoms with Gasteiger partial charge in [0, 0.05) is 6.42 Å². The Kier molecular flexibility index (Phi) is 35.4. The molecule has 0 aliphatic heterocycles. The molecule has 0 radical (unpaired) electrons. The molecule has 3 unspecified atom stereocenters. The average molecular weight is 801 g/mol. The van der Waals surface area contributed by atoms with Crippen molar-refractivity contribution < 1.29 is 47.5 Å². The van der Waals surface area contributed by atoms with Gasteiger partial charge in [0.05, 0.1) is 46.2 Å². The molecule has 55 heavy (non-hydrogen) atoms. The van der Waals surface area contributed by atoms with Crippen LogP contribution < -0.4 is 0 Å². The molecule has 0 amide bonds. The van der Waals surface area contributed by atoms with Crippen LogP contribution in [-0.4, -0.2) is 91.4 Å². The first-order chi connectivity index (χ1) is 26.4. The lowest BCUT2D eigenvalue weighted by Gasteiger charge is -2.24. The summed E-state index contributed by atoms with van der Waals surface area (Å²) in [7, 11) is 1.46. The largest absolute Gasteiger partial charge is 0.498 e. The van der Waals surface area contributed by atoms with Gasteiger partial charge in [0.15, 0.2) is 6.10 Å². The number of quaternary nitrogens is 1. The van der Waals surface area contributed by atoms with Crippen molar-refractivity contribution in [2.24, 2.45) is 0 Å². The highest BCUT2D eigenvalue weighted by Crippen LogP contribution is 2.43. The van der Waals surface area contributed by atoms with Gasteiger partial charge in [-0.3, -0.25) is 13.8 Å². The van der Waals surface area contributed by atoms with Gasteiger partial charge >= 0.3 is 13.8 Å². The van der Waals surface area contributed by atoms with Gasteiger partial charge in [-0.15, -0.1) is 0 Å². The fourth-order valence-corrected chi connectivity index (χ4v) is 6.36. The zero-order valence-electron chi connectivity index (χ0n) is 35.6. The normalized spacial score (nSPS) is 15.3. The molecule has 0 aromatic rings. The molecule has 0 bridgehead atoms. The van der Waals surface area contributed by atoms with Crippen LogP contribution in [-0.2, 0) is 27.9 Å². The minimum Gasteiger partial charge on any atom is -0.498 e. The predicted molar refractivity (Wildman–Crippen MR) is 227 cm³/mol. The van der Waals surface area contributed by atoms with E-state index in [1.54, 1.807) is 6.26 Å². The van der Waals surface area contributed by atoms with Crippen LogP contribution in [0.3, 0.4) is 0 Å². The lowest BCUT2D eigenvalue weighted by atomic mass is 10.0. The Bertz CT molecular complexity index is 1060. The van der Waals surface area contributed by atoms with Crippen molar-refractivity contribution in [1.29, 1.82) is 0 Å². The van der Waals surface area contributed by atoms with E-state index in [0.29, 0.717) is 23.9 Å². The van der Waals surface area contributed by atoms with Gasteiger partial charge in [0.2, 0.25) is 0 Å². The van der Waals surface area contributed by atoms with Gasteiger partial charge in [-0.25, -0.2) is 4.57 Å². The molecule has 4 atom stereocenters. The predicted octanol–water partition coefficient (Wildman–Crippen LogP) is 10.7. The van der Waals surface area contributed by atoms with E-state index < -0.39 is 32.1 Å². The van der Waals surface area contributed by atoms with E-state index >= 15 is 0 Å². The third-order valence-electron chi connectivity index (χ3n) is 9.16. The van der Waals surface area contributed by atoms with Crippen LogP contribution in [0.2, 0.25) is 0 Å². The molecule has 0 fully saturated rings. The fraction of sp³-hybridized carbons (Fsp3) is 0.795. The molecule has 3 N–H and O–H groups in total. The Morgan fingerprint density at radius 1 is 0.655 bits per heavy atom. The molecule has 0 aromatic heterocycles. The number of ether oxygens (including phenoxy) is 2. The number of aliphatic hydroxyl groups is 2. The summed E-state index contributed by atoms with van der Waals surface area (Å²) < 4.78 is 34.5. The van der Waals surface area contributed by atoms with Gasteiger partial charge in [0.25, 0.3) is 0 Å². The molecule has 0 saturated heterocycles. The Morgan fingerprint density at radius 3 is 1.80 bits per heavy atom. The number of likely N-dealkylation sites (N-methyl/N-ethyl adjacent to an activating group) is 1. The Labute approximate surface area is 336 Å². The average Bonchev–Trinajstić information content (AvgIpc) is 3.13. The third kappa shape index (κ3) is 38.9. The summed E-state index contributed by atoms with van der Waals surface area (Å²) in [6.45, 7) is 4.55. The first-order valence-electron chi connectivity index (χ1n) is 21.6. The van der Waals surface area contributed by atoms with E-state index in [1.807, 2.05) is 39.4 Å². The highest BCUT2D eigenvalue weighted by atomic mass is 31.2. The molecule has 11 heteroatoms. The van der Waals surface area contributed by atoms with Crippen molar-refractivity contribution in [2.75, 3.05) is 47.5 Å². The summed E-state index contributed by atoms with van der Waals surface area (Å²) in [5.41, 5.74) is 0. The molecule has 0 aliphatic carbocycles. The summed E-state index contributed by atoms with van der Waals surface area (Å²) in [5.74, 6) is -0.555. The summed E-state index contributed by atoms with van der Waals surface area (Å²) in [5, 5.41) is 20.8. The molecule has 0 aromatic carbocycles. The van der Waals surface area contributed by atoms with Crippen LogP contribution in [0.25, 0.3) is 0 Å². The van der Waals surface area contributed by atoms with Crippen molar-refractivity contribution in [1.82, 2.24) is 0 Å². The quantitative estimate of drug-likeness (QED) is 0.0139. The Morgan fingerprint density at radius 2 is 1.18 bits per heavy atom. The molecule has 322 valence electrons. The topological polar surface area (TPSA) is 132 Å². The number of phosphoric acid groups is 1. The molecular formula is C44H83NO9P+. The maximum atomic E-state index is 12.7. The fourth-order valence-electron chi connectivity index (χ4n) is 5.62. The summed E-state index contributed by atoms with van der Waals surface area (Å²) in [6, 6.07) is 0. The van der Waals surface area contributed by atoms with E-state index in [9.17, 15) is 24.5 Å². The lowest BCUT2D eigenvalue weighted by molar-refractivity contribution is -0.870. The van der Waals surface area contributed by atoms with Gasteiger partial charge < -0.3 is 29.1 Å². The number of rotatable bonds is 39. The molecule has 0 rings (SSSR count). The van der Waals surface area contributed by atoms with Crippen LogP contribution in [0.15, 0.2) is 48.8 Å². The number of carbonyl (C=O) groups excluding carboxylic acids is 1. The minimum absolute atomic E-state index is 0.000449. The molecule has 0 saturated carbocycles. The highest BCUT2D eigenvalue weighted by molar-refractivity contribution is 7.47. The zero-order chi connectivity index (χ0) is 40.9. The SMILES string of the molecule is CCCCC/C=C\C/C=C\C/C=C\CC(O)C(O)CCCC(=O)O[C@H](CO/C=C/CCCCCCCCCCCCCC)COP(=O)(O)OCC[N+](C)(C)C. The maximum absolute atomic E-state index is 12.7. The minimum atomic E-state index is -4.37. The second-order valence-corrected chi connectivity index (χ2v) is 17.2. The van der Waals surface area contributed by atoms with Crippen LogP contribution in [0.5, 0.6) is 0 Å². The maximum Gasteiger partial charge on any atom is 0.472 e. The molecule has 0 aliphatic rings. The number of carbonyl (C=O) groups is 1. The molecule has 0 spiro atoms. The van der Waals surface area contributed by atoms with Gasteiger partial charge in [0.1, 0.15) is 19.8 Å². The third-order valence-corrected chi connectivity index (χ3v) is 10.1. The van der Waals surface area contributed by atoms with Crippen molar-refractivity contribution in [3.8, 4) is 0 Å². The number of aliphatic hydroxyl groups excluding tert-OH is 2. The van der Waals surface area contributed by atoms with Crippen LogP contribution in [0, 0.1) is 0 Å². The van der Waals surface area contributed by atoms with Crippen molar-refractivity contribution >= 4 is 13.8 Å². The highest BCUT2D eigenvalue weighted by Gasteiger charge is 2.26. The van der Waals surface area contributed by atoms with E-state index in [1.165, 1.54) is 89.9 Å². The number of unbranched alkanes of at least 4 members (excludes halogenated alkanes) is 15. The Balaban J connectivity index is 4.57. The van der Waals surface area contributed by atoms with Crippen LogP contribution in [0.4, 0.5) is 0 Å². The standard InChI is InChI=1S/C44H82NO9P/c1-6-8-10-12-14-16-18-20-21-23-25-27-29-31-37-51-39-41(40-53-55(49,50)52-38-36-45(3,4)5)54-44(48)35-32-34-43(47)42(46)33-30-28-26-24-22-19-17-15-13-11-9-7-2/h15,17,22,24,28,30-31,37,41-43,46-47H,6-14,16,18-21,23,25-27,29,32-36,38-40H2,1-5H3/p+1/b17-15-,24-22-,30-28-,37-31+/t41-,42?,43?/m1/s1. The molecular weight excluding hydrogens is 717 g/mol. The zero-order valence-corrected chi connectivity index (χ0v) is 36.5. The van der Waals surface area contributed by atoms with E-state index in [2.05, 4.69) is 38.2 Å². The van der Waals surface area contributed by atoms with E-state index in [0.717, 1.165) is 32.1 Å². The Hall–Kier alpha value is -1.78. The number of nitrogens with zero attached hydrogens (tertiary/aromatic N) is 1. The summed E-state index contributed by atoms with van der Waals surface area (Å²) in [4.78, 5) is 22.9. The van der Waals surface area contributed by atoms with Crippen LogP contribution >= 0.6 is 7.82 Å². The number of allylic oxidation sites excluding steroid dienone is 6. The summed E-state index contributed by atoms with van der Waals surface area (Å²) in [6.07, 6.45) is 36.9. The van der Waals surface area contributed by atoms with Gasteiger partial charge in [-0.2, -0.15) is 0 Å². The van der Waals surface area contributed by atoms with Crippen LogP contribution in [0.1, 0.15) is 162 Å². The van der Waals surface area contributed by atoms with Gasteiger partial charge in [-0.1, -0.05) is 134 Å². The van der Waals surface area contributed by atoms with E-state index in [-0.39, 0.29) is 32.7 Å².